The fourth-order valence-electron chi connectivity index (χ4n) is 2.29. The van der Waals surface area contributed by atoms with Crippen LogP contribution >= 0.6 is 0 Å². The number of benzene rings is 2. The molecule has 2 rings (SSSR count). The summed E-state index contributed by atoms with van der Waals surface area (Å²) in [7, 11) is 3.24. The lowest BCUT2D eigenvalue weighted by Crippen LogP contribution is -2.29. The van der Waals surface area contributed by atoms with Crippen molar-refractivity contribution in [2.45, 2.75) is 19.6 Å². The van der Waals surface area contributed by atoms with Gasteiger partial charge < -0.3 is 9.64 Å². The molecule has 2 aromatic rings. The van der Waals surface area contributed by atoms with Gasteiger partial charge in [-0.3, -0.25) is 4.79 Å². The predicted octanol–water partition coefficient (Wildman–Crippen LogP) is 3.94. The summed E-state index contributed by atoms with van der Waals surface area (Å²) < 4.78 is 31.4. The van der Waals surface area contributed by atoms with Crippen molar-refractivity contribution in [3.8, 4) is 0 Å². The molecule has 0 fully saturated rings. The smallest absolute Gasteiger partial charge is 0.254 e. The Balaban J connectivity index is 2.15. The Morgan fingerprint density at radius 1 is 1.13 bits per heavy atom. The summed E-state index contributed by atoms with van der Waals surface area (Å²) >= 11 is 0. The lowest BCUT2D eigenvalue weighted by Gasteiger charge is -2.25. The van der Waals surface area contributed by atoms with Crippen molar-refractivity contribution in [2.24, 2.45) is 0 Å². The molecule has 0 aliphatic rings. The predicted molar refractivity (Wildman–Crippen MR) is 84.0 cm³/mol. The minimum absolute atomic E-state index is 0.189. The fraction of sp³-hybridized carbons (Fsp3) is 0.278. The second-order valence-electron chi connectivity index (χ2n) is 5.40. The van der Waals surface area contributed by atoms with Crippen LogP contribution in [0.3, 0.4) is 0 Å². The van der Waals surface area contributed by atoms with Crippen LogP contribution in [0.2, 0.25) is 0 Å². The number of hydrogen-bond donors (Lipinski definition) is 0. The molecule has 2 aromatic carbocycles. The Kier molecular flexibility index (Phi) is 5.45. The minimum Gasteiger partial charge on any atom is -0.380 e. The number of rotatable bonds is 5. The highest BCUT2D eigenvalue weighted by Crippen LogP contribution is 2.22. The largest absolute Gasteiger partial charge is 0.380 e. The van der Waals surface area contributed by atoms with Gasteiger partial charge in [0.05, 0.1) is 12.6 Å². The molecule has 5 heteroatoms. The molecule has 0 aliphatic heterocycles. The Hall–Kier alpha value is -2.27. The maximum Gasteiger partial charge on any atom is 0.254 e. The third-order valence-electron chi connectivity index (χ3n) is 3.84. The molecular formula is C18H19F2NO2. The zero-order chi connectivity index (χ0) is 17.0. The van der Waals surface area contributed by atoms with Crippen LogP contribution in [-0.4, -0.2) is 25.0 Å². The van der Waals surface area contributed by atoms with Crippen LogP contribution in [0.4, 0.5) is 8.78 Å². The molecule has 0 heterocycles. The van der Waals surface area contributed by atoms with Gasteiger partial charge in [-0.25, -0.2) is 8.78 Å². The summed E-state index contributed by atoms with van der Waals surface area (Å²) in [6.07, 6.45) is 0. The molecule has 0 bridgehead atoms. The fourth-order valence-corrected chi connectivity index (χ4v) is 2.29. The van der Waals surface area contributed by atoms with E-state index >= 15 is 0 Å². The minimum atomic E-state index is -0.917. The van der Waals surface area contributed by atoms with Gasteiger partial charge in [0, 0.05) is 19.7 Å². The highest BCUT2D eigenvalue weighted by molar-refractivity contribution is 5.94. The van der Waals surface area contributed by atoms with E-state index in [-0.39, 0.29) is 11.9 Å². The molecule has 0 radical (unpaired) electrons. The van der Waals surface area contributed by atoms with Crippen LogP contribution < -0.4 is 0 Å². The van der Waals surface area contributed by atoms with Crippen molar-refractivity contribution in [3.05, 3.63) is 70.8 Å². The van der Waals surface area contributed by atoms with Gasteiger partial charge in [0.15, 0.2) is 11.6 Å². The first kappa shape index (κ1) is 17.1. The van der Waals surface area contributed by atoms with Gasteiger partial charge in [0.25, 0.3) is 5.91 Å². The van der Waals surface area contributed by atoms with Crippen molar-refractivity contribution >= 4 is 5.91 Å². The maximum atomic E-state index is 13.4. The van der Waals surface area contributed by atoms with Gasteiger partial charge in [-0.1, -0.05) is 18.2 Å². The van der Waals surface area contributed by atoms with Gasteiger partial charge in [0.1, 0.15) is 0 Å². The average Bonchev–Trinajstić information content (AvgIpc) is 2.56. The molecule has 0 aliphatic carbocycles. The summed E-state index contributed by atoms with van der Waals surface area (Å²) in [4.78, 5) is 14.0. The summed E-state index contributed by atoms with van der Waals surface area (Å²) in [5.41, 5.74) is 2.04. The number of carbonyl (C=O) groups is 1. The number of methoxy groups -OCH3 is 1. The Labute approximate surface area is 134 Å². The van der Waals surface area contributed by atoms with Crippen molar-refractivity contribution in [1.82, 2.24) is 4.90 Å². The maximum absolute atomic E-state index is 13.4. The van der Waals surface area contributed by atoms with Crippen molar-refractivity contribution in [1.29, 1.82) is 0 Å². The molecule has 122 valence electrons. The molecule has 3 nitrogen and oxygen atoms in total. The molecule has 0 aromatic heterocycles. The Morgan fingerprint density at radius 3 is 2.35 bits per heavy atom. The van der Waals surface area contributed by atoms with Gasteiger partial charge in [-0.05, 0) is 42.3 Å². The molecule has 23 heavy (non-hydrogen) atoms. The Morgan fingerprint density at radius 2 is 1.78 bits per heavy atom. The van der Waals surface area contributed by atoms with Crippen LogP contribution in [-0.2, 0) is 11.3 Å². The van der Waals surface area contributed by atoms with E-state index in [9.17, 15) is 13.6 Å². The average molecular weight is 319 g/mol. The van der Waals surface area contributed by atoms with E-state index in [1.807, 2.05) is 12.1 Å². The molecule has 0 spiro atoms. The molecule has 0 N–H and O–H groups in total. The van der Waals surface area contributed by atoms with Gasteiger partial charge in [-0.15, -0.1) is 0 Å². The second kappa shape index (κ2) is 7.33. The van der Waals surface area contributed by atoms with Crippen LogP contribution in [0.15, 0.2) is 42.5 Å². The van der Waals surface area contributed by atoms with Gasteiger partial charge in [-0.2, -0.15) is 0 Å². The van der Waals surface area contributed by atoms with E-state index in [0.29, 0.717) is 17.7 Å². The summed E-state index contributed by atoms with van der Waals surface area (Å²) in [6, 6.07) is 10.4. The summed E-state index contributed by atoms with van der Waals surface area (Å²) in [5.74, 6) is -2.01. The molecule has 1 amide bonds. The number of amides is 1. The second-order valence-corrected chi connectivity index (χ2v) is 5.40. The van der Waals surface area contributed by atoms with Crippen LogP contribution in [0, 0.1) is 11.6 Å². The quantitative estimate of drug-likeness (QED) is 0.835. The first-order chi connectivity index (χ1) is 10.9. The Bertz CT molecular complexity index is 686. The monoisotopic (exact) mass is 319 g/mol. The van der Waals surface area contributed by atoms with Crippen molar-refractivity contribution < 1.29 is 18.3 Å². The van der Waals surface area contributed by atoms with E-state index < -0.39 is 11.6 Å². The molecule has 0 saturated carbocycles. The molecule has 0 saturated heterocycles. The van der Waals surface area contributed by atoms with Crippen LogP contribution in [0.1, 0.15) is 34.5 Å². The molecule has 1 atom stereocenters. The van der Waals surface area contributed by atoms with Crippen LogP contribution in [0.5, 0.6) is 0 Å². The van der Waals surface area contributed by atoms with Crippen LogP contribution in [0.25, 0.3) is 0 Å². The number of hydrogen-bond acceptors (Lipinski definition) is 2. The zero-order valence-electron chi connectivity index (χ0n) is 13.3. The highest BCUT2D eigenvalue weighted by atomic mass is 19.2. The van der Waals surface area contributed by atoms with Crippen molar-refractivity contribution in [3.63, 3.8) is 0 Å². The van der Waals surface area contributed by atoms with E-state index in [1.54, 1.807) is 33.2 Å². The van der Waals surface area contributed by atoms with E-state index in [1.165, 1.54) is 11.0 Å². The van der Waals surface area contributed by atoms with E-state index in [4.69, 9.17) is 4.74 Å². The SMILES string of the molecule is COCc1ccc(C(=O)N(C)C(C)c2ccc(F)c(F)c2)cc1. The van der Waals surface area contributed by atoms with E-state index in [2.05, 4.69) is 0 Å². The lowest BCUT2D eigenvalue weighted by molar-refractivity contribution is 0.0742. The van der Waals surface area contributed by atoms with Gasteiger partial charge >= 0.3 is 0 Å². The van der Waals surface area contributed by atoms with Gasteiger partial charge in [0.2, 0.25) is 0 Å². The third kappa shape index (κ3) is 3.93. The number of carbonyl (C=O) groups excluding carboxylic acids is 1. The molecular weight excluding hydrogens is 300 g/mol. The first-order valence-electron chi connectivity index (χ1n) is 7.24. The summed E-state index contributed by atoms with van der Waals surface area (Å²) in [6.45, 7) is 2.25. The number of nitrogens with zero attached hydrogens (tertiary/aromatic N) is 1. The lowest BCUT2D eigenvalue weighted by atomic mass is 10.1. The summed E-state index contributed by atoms with van der Waals surface area (Å²) in [5, 5.41) is 0. The normalized spacial score (nSPS) is 12.0. The first-order valence-corrected chi connectivity index (χ1v) is 7.24. The zero-order valence-corrected chi connectivity index (χ0v) is 13.3. The molecule has 1 unspecified atom stereocenters. The van der Waals surface area contributed by atoms with E-state index in [0.717, 1.165) is 17.7 Å². The number of ether oxygens (including phenoxy) is 1. The van der Waals surface area contributed by atoms with Crippen molar-refractivity contribution in [2.75, 3.05) is 14.2 Å². The number of halogens is 2. The standard InChI is InChI=1S/C18H19F2NO2/c1-12(15-8-9-16(19)17(20)10-15)21(2)18(22)14-6-4-13(5-7-14)11-23-3/h4-10,12H,11H2,1-3H3. The third-order valence-corrected chi connectivity index (χ3v) is 3.84. The highest BCUT2D eigenvalue weighted by Gasteiger charge is 2.20. The topological polar surface area (TPSA) is 29.5 Å².